The zero-order chi connectivity index (χ0) is 14.6. The summed E-state index contributed by atoms with van der Waals surface area (Å²) >= 11 is 0. The van der Waals surface area contributed by atoms with E-state index in [-0.39, 0.29) is 5.69 Å². The fourth-order valence-electron chi connectivity index (χ4n) is 1.31. The summed E-state index contributed by atoms with van der Waals surface area (Å²) in [6.07, 6.45) is 0.326. The lowest BCUT2D eigenvalue weighted by Crippen LogP contribution is -2.23. The van der Waals surface area contributed by atoms with Gasteiger partial charge in [-0.2, -0.15) is 13.2 Å². The van der Waals surface area contributed by atoms with Crippen molar-refractivity contribution in [2.45, 2.75) is 6.18 Å². The normalized spacial score (nSPS) is 11.2. The number of imidazole rings is 1. The molecular formula is C11H9F3N4O2. The molecule has 0 atom stereocenters. The predicted molar refractivity (Wildman–Crippen MR) is 62.4 cm³/mol. The number of nitrogens with one attached hydrogen (secondary N) is 1. The van der Waals surface area contributed by atoms with Crippen LogP contribution in [0.3, 0.4) is 0 Å². The number of ether oxygens (including phenoxy) is 1. The van der Waals surface area contributed by atoms with Crippen molar-refractivity contribution >= 4 is 11.8 Å². The second-order valence-electron chi connectivity index (χ2n) is 3.69. The predicted octanol–water partition coefficient (Wildman–Crippen LogP) is 2.38. The lowest BCUT2D eigenvalue weighted by atomic mass is 10.4. The van der Waals surface area contributed by atoms with E-state index in [1.807, 2.05) is 0 Å². The lowest BCUT2D eigenvalue weighted by Gasteiger charge is -2.09. The van der Waals surface area contributed by atoms with Crippen LogP contribution in [0.2, 0.25) is 0 Å². The van der Waals surface area contributed by atoms with Crippen LogP contribution < -0.4 is 5.32 Å². The smallest absolute Gasteiger partial charge is 0.422 e. The molecule has 1 amide bonds. The van der Waals surface area contributed by atoms with E-state index in [9.17, 15) is 18.0 Å². The van der Waals surface area contributed by atoms with Crippen molar-refractivity contribution in [1.82, 2.24) is 14.5 Å². The second-order valence-corrected chi connectivity index (χ2v) is 3.69. The summed E-state index contributed by atoms with van der Waals surface area (Å²) in [4.78, 5) is 19.0. The maximum Gasteiger partial charge on any atom is 0.422 e. The Labute approximate surface area is 111 Å². The van der Waals surface area contributed by atoms with Gasteiger partial charge in [0.05, 0.1) is 11.9 Å². The first-order valence-electron chi connectivity index (χ1n) is 5.39. The van der Waals surface area contributed by atoms with Gasteiger partial charge in [-0.15, -0.1) is 0 Å². The van der Waals surface area contributed by atoms with Crippen molar-refractivity contribution in [1.29, 1.82) is 0 Å². The molecule has 2 heterocycles. The van der Waals surface area contributed by atoms with Crippen LogP contribution in [0.15, 0.2) is 37.1 Å². The van der Waals surface area contributed by atoms with Gasteiger partial charge in [-0.1, -0.05) is 0 Å². The minimum absolute atomic E-state index is 0.223. The first-order valence-corrected chi connectivity index (χ1v) is 5.39. The molecule has 0 unspecified atom stereocenters. The summed E-state index contributed by atoms with van der Waals surface area (Å²) in [6, 6.07) is 3.05. The minimum atomic E-state index is -4.55. The topological polar surface area (TPSA) is 69.0 Å². The zero-order valence-corrected chi connectivity index (χ0v) is 9.96. The Hall–Kier alpha value is -2.58. The fourth-order valence-corrected chi connectivity index (χ4v) is 1.31. The number of nitrogens with zero attached hydrogens (tertiary/aromatic N) is 3. The average molecular weight is 286 g/mol. The van der Waals surface area contributed by atoms with Gasteiger partial charge >= 0.3 is 12.3 Å². The largest absolute Gasteiger partial charge is 0.440 e. The van der Waals surface area contributed by atoms with E-state index in [0.29, 0.717) is 5.82 Å². The average Bonchev–Trinajstić information content (AvgIpc) is 2.90. The van der Waals surface area contributed by atoms with E-state index in [1.54, 1.807) is 23.0 Å². The number of anilines is 1. The number of carbonyl (C=O) groups excluding carboxylic acids is 1. The molecule has 20 heavy (non-hydrogen) atoms. The van der Waals surface area contributed by atoms with E-state index in [1.165, 1.54) is 18.6 Å². The third kappa shape index (κ3) is 3.97. The quantitative estimate of drug-likeness (QED) is 0.940. The van der Waals surface area contributed by atoms with Crippen molar-refractivity contribution < 1.29 is 22.7 Å². The molecule has 0 spiro atoms. The number of hydrogen-bond acceptors (Lipinski definition) is 4. The van der Waals surface area contributed by atoms with Gasteiger partial charge in [-0.05, 0) is 12.1 Å². The highest BCUT2D eigenvalue weighted by molar-refractivity contribution is 5.84. The van der Waals surface area contributed by atoms with Crippen LogP contribution in [0.5, 0.6) is 0 Å². The van der Waals surface area contributed by atoms with Gasteiger partial charge in [-0.3, -0.25) is 9.88 Å². The van der Waals surface area contributed by atoms with Crippen molar-refractivity contribution in [3.63, 3.8) is 0 Å². The van der Waals surface area contributed by atoms with Gasteiger partial charge in [0.2, 0.25) is 0 Å². The van der Waals surface area contributed by atoms with Crippen molar-refractivity contribution in [2.24, 2.45) is 0 Å². The van der Waals surface area contributed by atoms with Crippen LogP contribution in [0.1, 0.15) is 0 Å². The molecule has 0 saturated carbocycles. The molecule has 0 fully saturated rings. The zero-order valence-electron chi connectivity index (χ0n) is 9.96. The van der Waals surface area contributed by atoms with Gasteiger partial charge in [0, 0.05) is 12.4 Å². The molecule has 9 heteroatoms. The number of hydrogen-bond donors (Lipinski definition) is 1. The van der Waals surface area contributed by atoms with Gasteiger partial charge in [0.1, 0.15) is 12.1 Å². The van der Waals surface area contributed by atoms with E-state index >= 15 is 0 Å². The SMILES string of the molecule is O=C(Nc1ccc(-n2ccnc2)nc1)OCC(F)(F)F. The summed E-state index contributed by atoms with van der Waals surface area (Å²) in [5.74, 6) is 0.553. The number of carbonyl (C=O) groups is 1. The van der Waals surface area contributed by atoms with Gasteiger partial charge in [-0.25, -0.2) is 14.8 Å². The Bertz CT molecular complexity index is 566. The summed E-state index contributed by atoms with van der Waals surface area (Å²) < 4.78 is 41.1. The minimum Gasteiger partial charge on any atom is -0.440 e. The molecule has 0 aromatic carbocycles. The first-order chi connectivity index (χ1) is 9.44. The van der Waals surface area contributed by atoms with E-state index in [2.05, 4.69) is 20.0 Å². The Morgan fingerprint density at radius 1 is 1.40 bits per heavy atom. The number of halogens is 3. The molecule has 0 aliphatic heterocycles. The maximum atomic E-state index is 11.8. The molecule has 2 rings (SSSR count). The van der Waals surface area contributed by atoms with Crippen LogP contribution in [-0.2, 0) is 4.74 Å². The molecule has 2 aromatic heterocycles. The Balaban J connectivity index is 1.92. The Morgan fingerprint density at radius 2 is 2.20 bits per heavy atom. The molecule has 0 radical (unpaired) electrons. The molecule has 1 N–H and O–H groups in total. The molecular weight excluding hydrogens is 277 g/mol. The molecule has 6 nitrogen and oxygen atoms in total. The number of rotatable bonds is 3. The van der Waals surface area contributed by atoms with Crippen molar-refractivity contribution in [3.8, 4) is 5.82 Å². The molecule has 2 aromatic rings. The van der Waals surface area contributed by atoms with Crippen LogP contribution in [0.25, 0.3) is 5.82 Å². The van der Waals surface area contributed by atoms with E-state index < -0.39 is 18.9 Å². The van der Waals surface area contributed by atoms with Crippen LogP contribution in [0, 0.1) is 0 Å². The van der Waals surface area contributed by atoms with Crippen LogP contribution in [0.4, 0.5) is 23.7 Å². The standard InChI is InChI=1S/C11H9F3N4O2/c12-11(13,14)6-20-10(19)17-8-1-2-9(16-5-8)18-4-3-15-7-18/h1-5,7H,6H2,(H,17,19). The summed E-state index contributed by atoms with van der Waals surface area (Å²) in [6.45, 7) is -1.64. The Kier molecular flexibility index (Phi) is 3.87. The summed E-state index contributed by atoms with van der Waals surface area (Å²) in [5.41, 5.74) is 0.223. The van der Waals surface area contributed by atoms with E-state index in [4.69, 9.17) is 0 Å². The number of aromatic nitrogens is 3. The van der Waals surface area contributed by atoms with Gasteiger partial charge in [0.25, 0.3) is 0 Å². The third-order valence-corrected chi connectivity index (χ3v) is 2.13. The Morgan fingerprint density at radius 3 is 2.75 bits per heavy atom. The lowest BCUT2D eigenvalue weighted by molar-refractivity contribution is -0.159. The first kappa shape index (κ1) is 13.8. The monoisotopic (exact) mass is 286 g/mol. The highest BCUT2D eigenvalue weighted by Gasteiger charge is 2.29. The third-order valence-electron chi connectivity index (χ3n) is 2.13. The van der Waals surface area contributed by atoms with Crippen molar-refractivity contribution in [3.05, 3.63) is 37.1 Å². The summed E-state index contributed by atoms with van der Waals surface area (Å²) in [5, 5.41) is 2.14. The maximum absolute atomic E-state index is 11.8. The highest BCUT2D eigenvalue weighted by atomic mass is 19.4. The number of amides is 1. The van der Waals surface area contributed by atoms with Crippen molar-refractivity contribution in [2.75, 3.05) is 11.9 Å². The molecule has 0 aliphatic carbocycles. The molecule has 0 saturated heterocycles. The van der Waals surface area contributed by atoms with Crippen LogP contribution >= 0.6 is 0 Å². The second kappa shape index (κ2) is 5.59. The fraction of sp³-hybridized carbons (Fsp3) is 0.182. The highest BCUT2D eigenvalue weighted by Crippen LogP contribution is 2.15. The molecule has 106 valence electrons. The van der Waals surface area contributed by atoms with Gasteiger partial charge in [0.15, 0.2) is 6.61 Å². The number of alkyl halides is 3. The molecule has 0 bridgehead atoms. The summed E-state index contributed by atoms with van der Waals surface area (Å²) in [7, 11) is 0. The molecule has 0 aliphatic rings. The van der Waals surface area contributed by atoms with Crippen LogP contribution in [-0.4, -0.2) is 33.4 Å². The van der Waals surface area contributed by atoms with E-state index in [0.717, 1.165) is 0 Å². The number of pyridine rings is 1. The van der Waals surface area contributed by atoms with Gasteiger partial charge < -0.3 is 4.74 Å².